The molecule has 1 amide bonds. The summed E-state index contributed by atoms with van der Waals surface area (Å²) in [6, 6.07) is 7.73. The summed E-state index contributed by atoms with van der Waals surface area (Å²) >= 11 is 0. The van der Waals surface area contributed by atoms with Crippen LogP contribution in [0.25, 0.3) is 0 Å². The molecule has 3 heteroatoms. The van der Waals surface area contributed by atoms with Gasteiger partial charge < -0.3 is 10.4 Å². The summed E-state index contributed by atoms with van der Waals surface area (Å²) in [7, 11) is 0. The highest BCUT2D eigenvalue weighted by Crippen LogP contribution is 2.31. The molecule has 1 aromatic rings. The highest BCUT2D eigenvalue weighted by molar-refractivity contribution is 5.79. The van der Waals surface area contributed by atoms with Crippen LogP contribution in [0.2, 0.25) is 0 Å². The van der Waals surface area contributed by atoms with E-state index in [0.717, 1.165) is 36.8 Å². The van der Waals surface area contributed by atoms with E-state index >= 15 is 0 Å². The van der Waals surface area contributed by atoms with Gasteiger partial charge in [0.05, 0.1) is 12.1 Å². The van der Waals surface area contributed by atoms with Crippen LogP contribution in [0.4, 0.5) is 0 Å². The predicted molar refractivity (Wildman–Crippen MR) is 80.3 cm³/mol. The van der Waals surface area contributed by atoms with Crippen molar-refractivity contribution in [2.75, 3.05) is 0 Å². The van der Waals surface area contributed by atoms with Gasteiger partial charge >= 0.3 is 0 Å². The van der Waals surface area contributed by atoms with Gasteiger partial charge in [-0.3, -0.25) is 4.79 Å². The van der Waals surface area contributed by atoms with E-state index < -0.39 is 6.10 Å². The molecule has 2 rings (SSSR count). The van der Waals surface area contributed by atoms with E-state index in [1.54, 1.807) is 0 Å². The molecule has 1 aliphatic rings. The first-order chi connectivity index (χ1) is 9.67. The Labute approximate surface area is 121 Å². The number of unbranched alkanes of at least 4 members (excludes halogenated alkanes) is 1. The molecule has 3 atom stereocenters. The Morgan fingerprint density at radius 2 is 2.15 bits per heavy atom. The third-order valence-electron chi connectivity index (χ3n) is 4.27. The average molecular weight is 275 g/mol. The molecule has 0 radical (unpaired) electrons. The fourth-order valence-corrected chi connectivity index (χ4v) is 2.99. The molecule has 0 aromatic heterocycles. The zero-order valence-electron chi connectivity index (χ0n) is 12.4. The quantitative estimate of drug-likeness (QED) is 0.838. The molecule has 0 saturated heterocycles. The second-order valence-corrected chi connectivity index (χ2v) is 5.70. The number of carbonyl (C=O) groups is 1. The van der Waals surface area contributed by atoms with Crippen LogP contribution >= 0.6 is 0 Å². The fraction of sp³-hybridized carbons (Fsp3) is 0.588. The van der Waals surface area contributed by atoms with E-state index in [9.17, 15) is 9.90 Å². The maximum Gasteiger partial charge on any atom is 0.223 e. The summed E-state index contributed by atoms with van der Waals surface area (Å²) in [6.45, 7) is 4.19. The first-order valence-corrected chi connectivity index (χ1v) is 7.73. The summed E-state index contributed by atoms with van der Waals surface area (Å²) in [5, 5.41) is 13.2. The third-order valence-corrected chi connectivity index (χ3v) is 4.27. The second kappa shape index (κ2) is 6.89. The van der Waals surface area contributed by atoms with Crippen molar-refractivity contribution in [2.45, 2.75) is 58.1 Å². The number of hydrogen-bond donors (Lipinski definition) is 2. The lowest BCUT2D eigenvalue weighted by atomic mass is 9.97. The van der Waals surface area contributed by atoms with E-state index in [-0.39, 0.29) is 17.9 Å². The van der Waals surface area contributed by atoms with Gasteiger partial charge in [-0.25, -0.2) is 0 Å². The number of benzene rings is 1. The van der Waals surface area contributed by atoms with Gasteiger partial charge in [0.2, 0.25) is 5.91 Å². The number of aliphatic hydroxyl groups is 1. The molecule has 0 saturated carbocycles. The summed E-state index contributed by atoms with van der Waals surface area (Å²) in [5.41, 5.74) is 2.21. The van der Waals surface area contributed by atoms with Gasteiger partial charge in [-0.2, -0.15) is 0 Å². The monoisotopic (exact) mass is 275 g/mol. The number of aliphatic hydroxyl groups excluding tert-OH is 1. The minimum Gasteiger partial charge on any atom is -0.390 e. The van der Waals surface area contributed by atoms with Gasteiger partial charge in [0.25, 0.3) is 0 Å². The van der Waals surface area contributed by atoms with Crippen molar-refractivity contribution in [3.05, 3.63) is 35.4 Å². The fourth-order valence-electron chi connectivity index (χ4n) is 2.99. The maximum absolute atomic E-state index is 12.4. The number of hydrogen-bond acceptors (Lipinski definition) is 2. The lowest BCUT2D eigenvalue weighted by Gasteiger charge is -2.22. The van der Waals surface area contributed by atoms with Gasteiger partial charge in [-0.1, -0.05) is 51.0 Å². The van der Waals surface area contributed by atoms with Crippen LogP contribution in [-0.4, -0.2) is 17.1 Å². The van der Waals surface area contributed by atoms with Crippen LogP contribution in [0.3, 0.4) is 0 Å². The van der Waals surface area contributed by atoms with Crippen LogP contribution in [0.1, 0.15) is 56.7 Å². The van der Waals surface area contributed by atoms with E-state index in [4.69, 9.17) is 0 Å². The second-order valence-electron chi connectivity index (χ2n) is 5.70. The molecule has 2 N–H and O–H groups in total. The van der Waals surface area contributed by atoms with Crippen molar-refractivity contribution >= 4 is 5.91 Å². The Hall–Kier alpha value is -1.35. The van der Waals surface area contributed by atoms with Gasteiger partial charge in [-0.15, -0.1) is 0 Å². The number of rotatable bonds is 6. The molecule has 3 nitrogen and oxygen atoms in total. The van der Waals surface area contributed by atoms with Crippen LogP contribution in [0.5, 0.6) is 0 Å². The zero-order valence-corrected chi connectivity index (χ0v) is 12.4. The molecule has 0 bridgehead atoms. The van der Waals surface area contributed by atoms with Crippen LogP contribution in [0, 0.1) is 5.92 Å². The zero-order chi connectivity index (χ0) is 14.5. The van der Waals surface area contributed by atoms with E-state index in [1.165, 1.54) is 0 Å². The largest absolute Gasteiger partial charge is 0.390 e. The van der Waals surface area contributed by atoms with E-state index in [1.807, 2.05) is 24.3 Å². The molecule has 1 aliphatic carbocycles. The van der Waals surface area contributed by atoms with Crippen molar-refractivity contribution in [1.29, 1.82) is 0 Å². The predicted octanol–water partition coefficient (Wildman–Crippen LogP) is 2.98. The Morgan fingerprint density at radius 1 is 1.40 bits per heavy atom. The Bertz CT molecular complexity index is 458. The molecule has 0 heterocycles. The molecule has 0 fully saturated rings. The molecular formula is C17H25NO2. The van der Waals surface area contributed by atoms with Crippen molar-refractivity contribution in [2.24, 2.45) is 5.92 Å². The van der Waals surface area contributed by atoms with Crippen molar-refractivity contribution in [1.82, 2.24) is 5.32 Å². The molecule has 1 aromatic carbocycles. The molecule has 0 spiro atoms. The number of nitrogens with one attached hydrogen (secondary N) is 1. The Kier molecular flexibility index (Phi) is 5.18. The topological polar surface area (TPSA) is 49.3 Å². The minimum atomic E-state index is -0.500. The minimum absolute atomic E-state index is 0.0647. The first kappa shape index (κ1) is 15.0. The molecule has 0 aliphatic heterocycles. The Morgan fingerprint density at radius 3 is 2.85 bits per heavy atom. The van der Waals surface area contributed by atoms with Gasteiger partial charge in [0.15, 0.2) is 0 Å². The lowest BCUT2D eigenvalue weighted by molar-refractivity contribution is -0.126. The number of fused-ring (bicyclic) bond motifs is 1. The third kappa shape index (κ3) is 3.21. The van der Waals surface area contributed by atoms with Gasteiger partial charge in [0, 0.05) is 12.3 Å². The normalized spacial score (nSPS) is 22.4. The summed E-state index contributed by atoms with van der Waals surface area (Å²) in [5.74, 6) is 0.150. The van der Waals surface area contributed by atoms with Crippen molar-refractivity contribution < 1.29 is 9.90 Å². The van der Waals surface area contributed by atoms with Crippen molar-refractivity contribution in [3.63, 3.8) is 0 Å². The van der Waals surface area contributed by atoms with E-state index in [0.29, 0.717) is 6.42 Å². The standard InChI is InChI=1S/C17H25NO2/c1-3-5-8-12(4-2)17(20)18-16-14-10-7-6-9-13(14)11-15(16)19/h6-7,9-10,12,15-16,19H,3-5,8,11H2,1-2H3,(H,18,20). The molecule has 3 unspecified atom stereocenters. The summed E-state index contributed by atoms with van der Waals surface area (Å²) in [6.07, 6.45) is 4.11. The van der Waals surface area contributed by atoms with Gasteiger partial charge in [-0.05, 0) is 24.0 Å². The van der Waals surface area contributed by atoms with E-state index in [2.05, 4.69) is 19.2 Å². The van der Waals surface area contributed by atoms with Gasteiger partial charge in [0.1, 0.15) is 0 Å². The maximum atomic E-state index is 12.4. The first-order valence-electron chi connectivity index (χ1n) is 7.73. The summed E-state index contributed by atoms with van der Waals surface area (Å²) < 4.78 is 0. The Balaban J connectivity index is 2.04. The summed E-state index contributed by atoms with van der Waals surface area (Å²) in [4.78, 5) is 12.4. The highest BCUT2D eigenvalue weighted by atomic mass is 16.3. The smallest absolute Gasteiger partial charge is 0.223 e. The SMILES string of the molecule is CCCCC(CC)C(=O)NC1c2ccccc2CC1O. The van der Waals surface area contributed by atoms with Crippen molar-refractivity contribution in [3.8, 4) is 0 Å². The van der Waals surface area contributed by atoms with Crippen LogP contribution in [-0.2, 0) is 11.2 Å². The highest BCUT2D eigenvalue weighted by Gasteiger charge is 2.32. The van der Waals surface area contributed by atoms with Crippen LogP contribution in [0.15, 0.2) is 24.3 Å². The lowest BCUT2D eigenvalue weighted by Crippen LogP contribution is -2.37. The molecule has 20 heavy (non-hydrogen) atoms. The molecule has 110 valence electrons. The molecular weight excluding hydrogens is 250 g/mol. The number of carbonyl (C=O) groups excluding carboxylic acids is 1. The number of amides is 1. The average Bonchev–Trinajstić information content (AvgIpc) is 2.76. The van der Waals surface area contributed by atoms with Crippen LogP contribution < -0.4 is 5.32 Å².